The molecule has 3 rings (SSSR count). The summed E-state index contributed by atoms with van der Waals surface area (Å²) in [6, 6.07) is 10.3. The molecule has 1 heterocycles. The summed E-state index contributed by atoms with van der Waals surface area (Å²) in [5, 5.41) is 4.18. The molecule has 1 amide bonds. The number of anilines is 1. The molecule has 0 saturated carbocycles. The van der Waals surface area contributed by atoms with Gasteiger partial charge in [-0.1, -0.05) is 46.9 Å². The molecule has 0 radical (unpaired) electrons. The van der Waals surface area contributed by atoms with E-state index in [1.165, 1.54) is 18.5 Å². The number of aromatic nitrogens is 2. The zero-order valence-corrected chi connectivity index (χ0v) is 14.4. The number of benzene rings is 2. The molecule has 5 nitrogen and oxygen atoms in total. The molecular weight excluding hydrogens is 373 g/mol. The summed E-state index contributed by atoms with van der Waals surface area (Å²) in [5.74, 6) is -0.104. The maximum Gasteiger partial charge on any atom is 0.262 e. The predicted octanol–water partition coefficient (Wildman–Crippen LogP) is 4.61. The molecule has 1 N–H and O–H groups in total. The average Bonchev–Trinajstić information content (AvgIpc) is 2.56. The van der Waals surface area contributed by atoms with Crippen LogP contribution in [0.3, 0.4) is 0 Å². The molecular formula is C16H10Cl3N3O2. The Balaban J connectivity index is 1.72. The third-order valence-electron chi connectivity index (χ3n) is 3.12. The van der Waals surface area contributed by atoms with Gasteiger partial charge in [-0.15, -0.1) is 0 Å². The van der Waals surface area contributed by atoms with Gasteiger partial charge in [0.1, 0.15) is 6.33 Å². The van der Waals surface area contributed by atoms with Crippen molar-refractivity contribution in [1.29, 1.82) is 0 Å². The highest BCUT2D eigenvalue weighted by Crippen LogP contribution is 2.33. The van der Waals surface area contributed by atoms with Crippen LogP contribution < -0.4 is 10.1 Å². The van der Waals surface area contributed by atoms with Crippen molar-refractivity contribution >= 4 is 57.3 Å². The number of carbonyl (C=O) groups is 1. The van der Waals surface area contributed by atoms with Gasteiger partial charge in [-0.3, -0.25) is 4.79 Å². The number of halogens is 3. The molecule has 0 spiro atoms. The van der Waals surface area contributed by atoms with Crippen molar-refractivity contribution in [1.82, 2.24) is 9.97 Å². The molecule has 0 saturated heterocycles. The maximum absolute atomic E-state index is 12.1. The van der Waals surface area contributed by atoms with Gasteiger partial charge in [0.2, 0.25) is 5.88 Å². The first-order chi connectivity index (χ1) is 11.5. The van der Waals surface area contributed by atoms with Crippen molar-refractivity contribution in [2.45, 2.75) is 0 Å². The number of amides is 1. The van der Waals surface area contributed by atoms with E-state index in [4.69, 9.17) is 39.5 Å². The van der Waals surface area contributed by atoms with E-state index in [0.29, 0.717) is 10.9 Å². The Labute approximate surface area is 152 Å². The molecule has 0 aliphatic heterocycles. The van der Waals surface area contributed by atoms with E-state index in [1.807, 2.05) is 24.3 Å². The number of fused-ring (bicyclic) bond motifs is 1. The molecule has 2 aromatic carbocycles. The second-order valence-corrected chi connectivity index (χ2v) is 6.03. The van der Waals surface area contributed by atoms with Crippen molar-refractivity contribution in [3.8, 4) is 5.88 Å². The minimum Gasteiger partial charge on any atom is -0.467 e. The number of nitrogens with zero attached hydrogens (tertiary/aromatic N) is 2. The van der Waals surface area contributed by atoms with Crippen molar-refractivity contribution in [2.24, 2.45) is 0 Å². The normalized spacial score (nSPS) is 10.6. The van der Waals surface area contributed by atoms with E-state index < -0.39 is 5.91 Å². The summed E-state index contributed by atoms with van der Waals surface area (Å²) in [5.41, 5.74) is 1.01. The van der Waals surface area contributed by atoms with E-state index in [-0.39, 0.29) is 22.3 Å². The Bertz CT molecular complexity index is 890. The van der Waals surface area contributed by atoms with E-state index in [9.17, 15) is 4.79 Å². The zero-order chi connectivity index (χ0) is 17.1. The van der Waals surface area contributed by atoms with Gasteiger partial charge < -0.3 is 10.1 Å². The van der Waals surface area contributed by atoms with Gasteiger partial charge in [-0.2, -0.15) is 0 Å². The number of para-hydroxylation sites is 1. The fraction of sp³-hybridized carbons (Fsp3) is 0.0625. The van der Waals surface area contributed by atoms with E-state index in [1.54, 1.807) is 0 Å². The van der Waals surface area contributed by atoms with Gasteiger partial charge in [-0.25, -0.2) is 9.97 Å². The molecule has 0 bridgehead atoms. The van der Waals surface area contributed by atoms with Crippen LogP contribution in [-0.4, -0.2) is 22.5 Å². The summed E-state index contributed by atoms with van der Waals surface area (Å²) < 4.78 is 5.48. The van der Waals surface area contributed by atoms with Gasteiger partial charge in [-0.05, 0) is 24.3 Å². The predicted molar refractivity (Wildman–Crippen MR) is 95.1 cm³/mol. The van der Waals surface area contributed by atoms with Gasteiger partial charge in [0.05, 0.1) is 26.6 Å². The first kappa shape index (κ1) is 16.8. The zero-order valence-electron chi connectivity index (χ0n) is 12.1. The monoisotopic (exact) mass is 381 g/mol. The third-order valence-corrected chi connectivity index (χ3v) is 3.93. The van der Waals surface area contributed by atoms with Crippen LogP contribution in [0.2, 0.25) is 15.1 Å². The minimum absolute atomic E-state index is 0.244. The van der Waals surface area contributed by atoms with Crippen LogP contribution in [0.4, 0.5) is 5.69 Å². The lowest BCUT2D eigenvalue weighted by Gasteiger charge is -2.11. The van der Waals surface area contributed by atoms with E-state index in [0.717, 1.165) is 10.9 Å². The van der Waals surface area contributed by atoms with Crippen molar-refractivity contribution in [3.63, 3.8) is 0 Å². The topological polar surface area (TPSA) is 64.1 Å². The van der Waals surface area contributed by atoms with E-state index in [2.05, 4.69) is 15.3 Å². The SMILES string of the molecule is O=C(COc1ncnc2ccccc12)Nc1c(Cl)cc(Cl)cc1Cl. The van der Waals surface area contributed by atoms with Crippen LogP contribution in [-0.2, 0) is 4.79 Å². The Hall–Kier alpha value is -2.08. The Kier molecular flexibility index (Phi) is 5.04. The summed E-state index contributed by atoms with van der Waals surface area (Å²) in [7, 11) is 0. The maximum atomic E-state index is 12.1. The Morgan fingerprint density at radius 2 is 1.79 bits per heavy atom. The molecule has 0 unspecified atom stereocenters. The van der Waals surface area contributed by atoms with Crippen molar-refractivity contribution < 1.29 is 9.53 Å². The van der Waals surface area contributed by atoms with Gasteiger partial charge in [0.15, 0.2) is 6.61 Å². The second kappa shape index (κ2) is 7.21. The minimum atomic E-state index is -0.427. The molecule has 0 aliphatic rings. The summed E-state index contributed by atoms with van der Waals surface area (Å²) in [6.45, 7) is -0.254. The van der Waals surface area contributed by atoms with Gasteiger partial charge in [0, 0.05) is 5.02 Å². The number of carbonyl (C=O) groups excluding carboxylic acids is 1. The number of ether oxygens (including phenoxy) is 1. The van der Waals surface area contributed by atoms with Crippen LogP contribution in [0.1, 0.15) is 0 Å². The number of rotatable bonds is 4. The lowest BCUT2D eigenvalue weighted by Crippen LogP contribution is -2.21. The smallest absolute Gasteiger partial charge is 0.262 e. The average molecular weight is 383 g/mol. The highest BCUT2D eigenvalue weighted by molar-refractivity contribution is 6.42. The highest BCUT2D eigenvalue weighted by Gasteiger charge is 2.13. The van der Waals surface area contributed by atoms with Crippen LogP contribution in [0.5, 0.6) is 5.88 Å². The van der Waals surface area contributed by atoms with Crippen LogP contribution >= 0.6 is 34.8 Å². The summed E-state index contributed by atoms with van der Waals surface area (Å²) in [6.07, 6.45) is 1.38. The van der Waals surface area contributed by atoms with E-state index >= 15 is 0 Å². The first-order valence-corrected chi connectivity index (χ1v) is 7.95. The van der Waals surface area contributed by atoms with Crippen LogP contribution in [0, 0.1) is 0 Å². The number of nitrogens with one attached hydrogen (secondary N) is 1. The van der Waals surface area contributed by atoms with Crippen molar-refractivity contribution in [2.75, 3.05) is 11.9 Å². The molecule has 1 aromatic heterocycles. The summed E-state index contributed by atoms with van der Waals surface area (Å²) in [4.78, 5) is 20.3. The molecule has 0 atom stereocenters. The molecule has 8 heteroatoms. The fourth-order valence-corrected chi connectivity index (χ4v) is 2.98. The number of hydrogen-bond acceptors (Lipinski definition) is 4. The molecule has 3 aromatic rings. The molecule has 0 aliphatic carbocycles. The molecule has 0 fully saturated rings. The summed E-state index contributed by atoms with van der Waals surface area (Å²) >= 11 is 17.9. The Morgan fingerprint density at radius 1 is 1.08 bits per heavy atom. The van der Waals surface area contributed by atoms with Gasteiger partial charge >= 0.3 is 0 Å². The van der Waals surface area contributed by atoms with Crippen molar-refractivity contribution in [3.05, 3.63) is 57.8 Å². The number of hydrogen-bond donors (Lipinski definition) is 1. The lowest BCUT2D eigenvalue weighted by molar-refractivity contribution is -0.118. The second-order valence-electron chi connectivity index (χ2n) is 4.78. The molecule has 122 valence electrons. The van der Waals surface area contributed by atoms with Gasteiger partial charge in [0.25, 0.3) is 5.91 Å². The molecule has 24 heavy (non-hydrogen) atoms. The van der Waals surface area contributed by atoms with Crippen LogP contribution in [0.15, 0.2) is 42.7 Å². The highest BCUT2D eigenvalue weighted by atomic mass is 35.5. The third kappa shape index (κ3) is 3.70. The largest absolute Gasteiger partial charge is 0.467 e. The first-order valence-electron chi connectivity index (χ1n) is 6.81. The standard InChI is InChI=1S/C16H10Cl3N3O2/c17-9-5-11(18)15(12(19)6-9)22-14(23)7-24-16-10-3-1-2-4-13(10)20-8-21-16/h1-6,8H,7H2,(H,22,23). The quantitative estimate of drug-likeness (QED) is 0.716. The fourth-order valence-electron chi connectivity index (χ4n) is 2.07. The lowest BCUT2D eigenvalue weighted by atomic mass is 10.2. The van der Waals surface area contributed by atoms with Crippen LogP contribution in [0.25, 0.3) is 10.9 Å². The Morgan fingerprint density at radius 3 is 2.54 bits per heavy atom.